The standard InChI is InChI=1S/C20H10N6/c21-11-15-13-3-1-9-23-17(13)5-7-19(15)25-26-20-8-6-18-14(16(20)12-22)4-2-10-24-18/h1-10H. The van der Waals surface area contributed by atoms with Crippen LogP contribution in [0.25, 0.3) is 21.8 Å². The lowest BCUT2D eigenvalue weighted by Gasteiger charge is -2.03. The van der Waals surface area contributed by atoms with Crippen molar-refractivity contribution in [1.82, 2.24) is 9.97 Å². The zero-order valence-corrected chi connectivity index (χ0v) is 13.5. The van der Waals surface area contributed by atoms with E-state index in [0.717, 1.165) is 21.8 Å². The topological polar surface area (TPSA) is 98.1 Å². The Morgan fingerprint density at radius 1 is 0.654 bits per heavy atom. The Morgan fingerprint density at radius 2 is 1.12 bits per heavy atom. The van der Waals surface area contributed by atoms with E-state index in [4.69, 9.17) is 0 Å². The minimum Gasteiger partial charge on any atom is -0.256 e. The summed E-state index contributed by atoms with van der Waals surface area (Å²) in [7, 11) is 0. The van der Waals surface area contributed by atoms with Gasteiger partial charge in [-0.1, -0.05) is 0 Å². The summed E-state index contributed by atoms with van der Waals surface area (Å²) >= 11 is 0. The lowest BCUT2D eigenvalue weighted by atomic mass is 10.1. The highest BCUT2D eigenvalue weighted by molar-refractivity contribution is 5.90. The third-order valence-corrected chi connectivity index (χ3v) is 4.02. The third kappa shape index (κ3) is 2.52. The van der Waals surface area contributed by atoms with Gasteiger partial charge in [-0.15, -0.1) is 10.2 Å². The van der Waals surface area contributed by atoms with Crippen LogP contribution >= 0.6 is 0 Å². The summed E-state index contributed by atoms with van der Waals surface area (Å²) in [5.41, 5.74) is 3.11. The predicted molar refractivity (Wildman–Crippen MR) is 97.1 cm³/mol. The van der Waals surface area contributed by atoms with Crippen LogP contribution in [-0.2, 0) is 0 Å². The molecule has 0 fully saturated rings. The molecule has 0 aliphatic carbocycles. The Kier molecular flexibility index (Phi) is 3.78. The van der Waals surface area contributed by atoms with E-state index in [1.54, 1.807) is 48.8 Å². The summed E-state index contributed by atoms with van der Waals surface area (Å²) in [6.45, 7) is 0. The van der Waals surface area contributed by atoms with Gasteiger partial charge in [0.1, 0.15) is 23.5 Å². The number of fused-ring (bicyclic) bond motifs is 2. The number of rotatable bonds is 2. The van der Waals surface area contributed by atoms with Crippen molar-refractivity contribution in [2.24, 2.45) is 10.2 Å². The summed E-state index contributed by atoms with van der Waals surface area (Å²) in [4.78, 5) is 8.47. The molecule has 0 amide bonds. The molecule has 0 N–H and O–H groups in total. The van der Waals surface area contributed by atoms with Gasteiger partial charge < -0.3 is 0 Å². The molecule has 2 aromatic heterocycles. The normalized spacial score (nSPS) is 10.8. The number of nitrogens with zero attached hydrogens (tertiary/aromatic N) is 6. The van der Waals surface area contributed by atoms with Crippen molar-refractivity contribution in [1.29, 1.82) is 10.5 Å². The first-order valence-corrected chi connectivity index (χ1v) is 7.79. The molecule has 4 aromatic rings. The highest BCUT2D eigenvalue weighted by atomic mass is 15.1. The zero-order valence-electron chi connectivity index (χ0n) is 13.5. The molecule has 0 aliphatic rings. The molecule has 0 aliphatic heterocycles. The fourth-order valence-electron chi connectivity index (χ4n) is 2.79. The van der Waals surface area contributed by atoms with Crippen molar-refractivity contribution in [2.75, 3.05) is 0 Å². The molecular weight excluding hydrogens is 324 g/mol. The lowest BCUT2D eigenvalue weighted by Crippen LogP contribution is -1.85. The van der Waals surface area contributed by atoms with Gasteiger partial charge in [0.05, 0.1) is 22.2 Å². The van der Waals surface area contributed by atoms with Crippen LogP contribution in [-0.4, -0.2) is 9.97 Å². The van der Waals surface area contributed by atoms with Gasteiger partial charge in [-0.3, -0.25) is 9.97 Å². The largest absolute Gasteiger partial charge is 0.256 e. The molecule has 0 saturated carbocycles. The summed E-state index contributed by atoms with van der Waals surface area (Å²) < 4.78 is 0. The number of nitriles is 2. The molecule has 4 rings (SSSR count). The molecule has 0 saturated heterocycles. The molecule has 0 bridgehead atoms. The van der Waals surface area contributed by atoms with Gasteiger partial charge in [0.2, 0.25) is 0 Å². The number of hydrogen-bond acceptors (Lipinski definition) is 6. The van der Waals surface area contributed by atoms with E-state index in [2.05, 4.69) is 32.3 Å². The van der Waals surface area contributed by atoms with Gasteiger partial charge in [0.25, 0.3) is 0 Å². The second kappa shape index (κ2) is 6.39. The van der Waals surface area contributed by atoms with Crippen molar-refractivity contribution in [2.45, 2.75) is 0 Å². The Labute approximate surface area is 148 Å². The maximum absolute atomic E-state index is 9.52. The van der Waals surface area contributed by atoms with E-state index in [1.165, 1.54) is 0 Å². The number of hydrogen-bond donors (Lipinski definition) is 0. The van der Waals surface area contributed by atoms with E-state index in [1.807, 2.05) is 12.1 Å². The lowest BCUT2D eigenvalue weighted by molar-refractivity contribution is 1.22. The van der Waals surface area contributed by atoms with E-state index in [-0.39, 0.29) is 0 Å². The first-order chi connectivity index (χ1) is 12.8. The average Bonchev–Trinajstić information content (AvgIpc) is 2.71. The molecular formula is C20H10N6. The molecule has 26 heavy (non-hydrogen) atoms. The molecule has 2 aromatic carbocycles. The van der Waals surface area contributed by atoms with Crippen LogP contribution in [0.5, 0.6) is 0 Å². The Balaban J connectivity index is 1.85. The van der Waals surface area contributed by atoms with Crippen LogP contribution in [0, 0.1) is 22.7 Å². The van der Waals surface area contributed by atoms with Gasteiger partial charge in [0, 0.05) is 23.2 Å². The van der Waals surface area contributed by atoms with Crippen molar-refractivity contribution in [3.05, 3.63) is 72.1 Å². The van der Waals surface area contributed by atoms with Gasteiger partial charge in [-0.25, -0.2) is 0 Å². The zero-order chi connectivity index (χ0) is 17.9. The summed E-state index contributed by atoms with van der Waals surface area (Å²) in [6.07, 6.45) is 3.35. The van der Waals surface area contributed by atoms with Crippen LogP contribution in [0.2, 0.25) is 0 Å². The quantitative estimate of drug-likeness (QED) is 0.485. The van der Waals surface area contributed by atoms with Crippen molar-refractivity contribution < 1.29 is 0 Å². The molecule has 0 atom stereocenters. The first kappa shape index (κ1) is 15.4. The molecule has 6 nitrogen and oxygen atoms in total. The highest BCUT2D eigenvalue weighted by Crippen LogP contribution is 2.31. The van der Waals surface area contributed by atoms with E-state index in [0.29, 0.717) is 22.5 Å². The van der Waals surface area contributed by atoms with E-state index < -0.39 is 0 Å². The van der Waals surface area contributed by atoms with Gasteiger partial charge >= 0.3 is 0 Å². The molecule has 120 valence electrons. The fourth-order valence-corrected chi connectivity index (χ4v) is 2.79. The molecule has 2 heterocycles. The second-order valence-corrected chi connectivity index (χ2v) is 5.48. The van der Waals surface area contributed by atoms with E-state index in [9.17, 15) is 10.5 Å². The number of azo groups is 1. The molecule has 6 heteroatoms. The Bertz CT molecular complexity index is 1160. The Hall–Kier alpha value is -4.16. The Morgan fingerprint density at radius 3 is 1.54 bits per heavy atom. The van der Waals surface area contributed by atoms with Crippen LogP contribution in [0.4, 0.5) is 11.4 Å². The van der Waals surface area contributed by atoms with E-state index >= 15 is 0 Å². The van der Waals surface area contributed by atoms with Gasteiger partial charge in [0.15, 0.2) is 0 Å². The maximum Gasteiger partial charge on any atom is 0.104 e. The summed E-state index contributed by atoms with van der Waals surface area (Å²) in [5.74, 6) is 0. The third-order valence-electron chi connectivity index (χ3n) is 4.02. The molecule has 0 spiro atoms. The van der Waals surface area contributed by atoms with Crippen molar-refractivity contribution in [3.8, 4) is 12.1 Å². The summed E-state index contributed by atoms with van der Waals surface area (Å²) in [5, 5.41) is 28.9. The SMILES string of the molecule is N#Cc1c(N=Nc2ccc3ncccc3c2C#N)ccc2ncccc12. The minimum absolute atomic E-state index is 0.403. The van der Waals surface area contributed by atoms with Crippen LogP contribution in [0.3, 0.4) is 0 Å². The minimum atomic E-state index is 0.403. The molecule has 0 unspecified atom stereocenters. The average molecular weight is 334 g/mol. The smallest absolute Gasteiger partial charge is 0.104 e. The number of benzene rings is 2. The van der Waals surface area contributed by atoms with Gasteiger partial charge in [-0.2, -0.15) is 10.5 Å². The second-order valence-electron chi connectivity index (χ2n) is 5.48. The maximum atomic E-state index is 9.52. The first-order valence-electron chi connectivity index (χ1n) is 7.79. The monoisotopic (exact) mass is 334 g/mol. The highest BCUT2D eigenvalue weighted by Gasteiger charge is 2.10. The van der Waals surface area contributed by atoms with Crippen molar-refractivity contribution in [3.63, 3.8) is 0 Å². The predicted octanol–water partition coefficient (Wildman–Crippen LogP) is 4.94. The molecule has 0 radical (unpaired) electrons. The van der Waals surface area contributed by atoms with Gasteiger partial charge in [-0.05, 0) is 48.5 Å². The van der Waals surface area contributed by atoms with Crippen molar-refractivity contribution >= 4 is 33.2 Å². The fraction of sp³-hybridized carbons (Fsp3) is 0. The van der Waals surface area contributed by atoms with Crippen LogP contribution in [0.15, 0.2) is 71.2 Å². The number of aromatic nitrogens is 2. The van der Waals surface area contributed by atoms with Crippen LogP contribution in [0.1, 0.15) is 11.1 Å². The van der Waals surface area contributed by atoms with Crippen LogP contribution < -0.4 is 0 Å². The summed E-state index contributed by atoms with van der Waals surface area (Å²) in [6, 6.07) is 18.5. The number of pyridine rings is 2.